The second-order valence-corrected chi connectivity index (χ2v) is 4.00. The summed E-state index contributed by atoms with van der Waals surface area (Å²) < 4.78 is 0. The van der Waals surface area contributed by atoms with E-state index >= 15 is 0 Å². The fourth-order valence-corrected chi connectivity index (χ4v) is 1.59. The molecule has 1 aromatic heterocycles. The predicted molar refractivity (Wildman–Crippen MR) is 68.7 cm³/mol. The fraction of sp³-hybridized carbons (Fsp3) is 0.615. The lowest BCUT2D eigenvalue weighted by Crippen LogP contribution is -2.07. The van der Waals surface area contributed by atoms with Gasteiger partial charge in [0.1, 0.15) is 11.6 Å². The predicted octanol–water partition coefficient (Wildman–Crippen LogP) is 3.09. The molecule has 4 nitrogen and oxygen atoms in total. The summed E-state index contributed by atoms with van der Waals surface area (Å²) >= 11 is 0. The van der Waals surface area contributed by atoms with E-state index in [1.807, 2.05) is 6.92 Å². The maximum atomic E-state index is 9.16. The van der Waals surface area contributed by atoms with Crippen LogP contribution in [0.3, 0.4) is 0 Å². The van der Waals surface area contributed by atoms with E-state index in [1.54, 1.807) is 0 Å². The van der Waals surface area contributed by atoms with Gasteiger partial charge < -0.3 is 5.11 Å². The minimum absolute atomic E-state index is 0.622. The van der Waals surface area contributed by atoms with Crippen LogP contribution in [0.2, 0.25) is 0 Å². The van der Waals surface area contributed by atoms with Crippen molar-refractivity contribution in [2.75, 3.05) is 0 Å². The van der Waals surface area contributed by atoms with Gasteiger partial charge in [0, 0.05) is 18.4 Å². The number of nitrogens with zero attached hydrogens (tertiary/aromatic N) is 3. The molecule has 1 heterocycles. The number of aromatic nitrogens is 3. The van der Waals surface area contributed by atoms with Crippen LogP contribution >= 0.6 is 0 Å². The van der Waals surface area contributed by atoms with Gasteiger partial charge in [-0.25, -0.2) is 15.0 Å². The van der Waals surface area contributed by atoms with Crippen molar-refractivity contribution in [2.45, 2.75) is 52.9 Å². The Morgan fingerprint density at radius 3 is 1.88 bits per heavy atom. The number of hydrogen-bond acceptors (Lipinski definition) is 4. The molecule has 94 valence electrons. The van der Waals surface area contributed by atoms with E-state index in [-0.39, 0.29) is 0 Å². The second-order valence-electron chi connectivity index (χ2n) is 4.00. The zero-order chi connectivity index (χ0) is 12.7. The Morgan fingerprint density at radius 1 is 1.00 bits per heavy atom. The molecule has 4 heteroatoms. The van der Waals surface area contributed by atoms with Crippen molar-refractivity contribution in [3.05, 3.63) is 23.7 Å². The molecule has 0 amide bonds. The van der Waals surface area contributed by atoms with Gasteiger partial charge in [-0.15, -0.1) is 0 Å². The van der Waals surface area contributed by atoms with Crippen molar-refractivity contribution in [2.24, 2.45) is 0 Å². The smallest absolute Gasteiger partial charge is 0.162 e. The first-order chi connectivity index (χ1) is 8.24. The van der Waals surface area contributed by atoms with Gasteiger partial charge in [0.05, 0.1) is 6.26 Å². The highest BCUT2D eigenvalue weighted by atomic mass is 16.2. The van der Waals surface area contributed by atoms with Crippen molar-refractivity contribution in [3.63, 3.8) is 0 Å². The van der Waals surface area contributed by atoms with Crippen LogP contribution in [0.4, 0.5) is 0 Å². The first-order valence-corrected chi connectivity index (χ1v) is 6.32. The van der Waals surface area contributed by atoms with Crippen LogP contribution in [-0.4, -0.2) is 20.1 Å². The summed E-state index contributed by atoms with van der Waals surface area (Å²) in [4.78, 5) is 13.2. The van der Waals surface area contributed by atoms with Crippen molar-refractivity contribution in [1.82, 2.24) is 15.0 Å². The van der Waals surface area contributed by atoms with Crippen LogP contribution in [0.25, 0.3) is 5.57 Å². The van der Waals surface area contributed by atoms with E-state index in [0.717, 1.165) is 55.6 Å². The SMILES string of the molecule is CCCc1nc(CCC)nc(/C(=C/O)CC)n1. The van der Waals surface area contributed by atoms with Crippen LogP contribution in [-0.2, 0) is 12.8 Å². The van der Waals surface area contributed by atoms with Gasteiger partial charge in [-0.2, -0.15) is 0 Å². The molecule has 1 aromatic rings. The monoisotopic (exact) mass is 235 g/mol. The van der Waals surface area contributed by atoms with E-state index in [9.17, 15) is 0 Å². The molecule has 0 saturated carbocycles. The largest absolute Gasteiger partial charge is 0.515 e. The quantitative estimate of drug-likeness (QED) is 0.770. The first kappa shape index (κ1) is 13.6. The lowest BCUT2D eigenvalue weighted by molar-refractivity contribution is 0.473. The molecule has 0 unspecified atom stereocenters. The molecule has 0 spiro atoms. The minimum atomic E-state index is 0.622. The van der Waals surface area contributed by atoms with Crippen LogP contribution in [0.1, 0.15) is 57.5 Å². The van der Waals surface area contributed by atoms with Crippen LogP contribution in [0.5, 0.6) is 0 Å². The summed E-state index contributed by atoms with van der Waals surface area (Å²) in [6.45, 7) is 6.18. The topological polar surface area (TPSA) is 58.9 Å². The number of aryl methyl sites for hydroxylation is 2. The number of allylic oxidation sites excluding steroid dienone is 1. The summed E-state index contributed by atoms with van der Waals surface area (Å²) in [5, 5.41) is 9.16. The minimum Gasteiger partial charge on any atom is -0.515 e. The first-order valence-electron chi connectivity index (χ1n) is 6.32. The Hall–Kier alpha value is -1.45. The third-order valence-corrected chi connectivity index (χ3v) is 2.50. The van der Waals surface area contributed by atoms with Crippen LogP contribution in [0, 0.1) is 0 Å². The molecule has 0 bridgehead atoms. The summed E-state index contributed by atoms with van der Waals surface area (Å²) in [6.07, 6.45) is 5.56. The summed E-state index contributed by atoms with van der Waals surface area (Å²) in [6, 6.07) is 0. The molecular formula is C13H21N3O. The number of aliphatic hydroxyl groups excluding tert-OH is 1. The van der Waals surface area contributed by atoms with Crippen molar-refractivity contribution < 1.29 is 5.11 Å². The van der Waals surface area contributed by atoms with E-state index in [4.69, 9.17) is 5.11 Å². The Kier molecular flexibility index (Phi) is 5.60. The number of rotatable bonds is 6. The van der Waals surface area contributed by atoms with Crippen LogP contribution in [0.15, 0.2) is 6.26 Å². The molecule has 0 aliphatic carbocycles. The molecule has 17 heavy (non-hydrogen) atoms. The number of aliphatic hydroxyl groups is 1. The molecule has 0 saturated heterocycles. The molecule has 0 fully saturated rings. The van der Waals surface area contributed by atoms with Gasteiger partial charge in [0.2, 0.25) is 0 Å². The fourth-order valence-electron chi connectivity index (χ4n) is 1.59. The van der Waals surface area contributed by atoms with Gasteiger partial charge in [-0.05, 0) is 19.3 Å². The zero-order valence-electron chi connectivity index (χ0n) is 10.9. The lowest BCUT2D eigenvalue weighted by Gasteiger charge is -2.07. The summed E-state index contributed by atoms with van der Waals surface area (Å²) in [5.74, 6) is 2.28. The number of hydrogen-bond donors (Lipinski definition) is 1. The third-order valence-electron chi connectivity index (χ3n) is 2.50. The van der Waals surface area contributed by atoms with Crippen molar-refractivity contribution >= 4 is 5.57 Å². The van der Waals surface area contributed by atoms with E-state index < -0.39 is 0 Å². The van der Waals surface area contributed by atoms with Crippen molar-refractivity contribution in [3.8, 4) is 0 Å². The summed E-state index contributed by atoms with van der Waals surface area (Å²) in [7, 11) is 0. The standard InChI is InChI=1S/C13H21N3O/c1-4-7-11-14-12(8-5-2)16-13(15-11)10(6-3)9-17/h9,17H,4-8H2,1-3H3/b10-9+. The normalized spacial score (nSPS) is 11.8. The Morgan fingerprint density at radius 2 is 1.53 bits per heavy atom. The van der Waals surface area contributed by atoms with E-state index in [1.165, 1.54) is 0 Å². The van der Waals surface area contributed by atoms with Gasteiger partial charge in [0.25, 0.3) is 0 Å². The Bertz CT molecular complexity index is 364. The molecule has 0 aliphatic rings. The van der Waals surface area contributed by atoms with E-state index in [2.05, 4.69) is 28.8 Å². The Labute approximate surface area is 103 Å². The third kappa shape index (κ3) is 3.80. The van der Waals surface area contributed by atoms with Gasteiger partial charge in [-0.3, -0.25) is 0 Å². The zero-order valence-corrected chi connectivity index (χ0v) is 10.9. The van der Waals surface area contributed by atoms with Crippen LogP contribution < -0.4 is 0 Å². The van der Waals surface area contributed by atoms with E-state index in [0.29, 0.717) is 5.82 Å². The average Bonchev–Trinajstić information content (AvgIpc) is 2.31. The highest BCUT2D eigenvalue weighted by molar-refractivity contribution is 5.57. The van der Waals surface area contributed by atoms with Gasteiger partial charge >= 0.3 is 0 Å². The molecule has 0 aromatic carbocycles. The average molecular weight is 235 g/mol. The molecular weight excluding hydrogens is 214 g/mol. The molecule has 1 rings (SSSR count). The summed E-state index contributed by atoms with van der Waals surface area (Å²) in [5.41, 5.74) is 0.766. The van der Waals surface area contributed by atoms with Gasteiger partial charge in [0.15, 0.2) is 5.82 Å². The van der Waals surface area contributed by atoms with Crippen molar-refractivity contribution in [1.29, 1.82) is 0 Å². The highest BCUT2D eigenvalue weighted by Gasteiger charge is 2.09. The molecule has 0 radical (unpaired) electrons. The second kappa shape index (κ2) is 6.99. The lowest BCUT2D eigenvalue weighted by atomic mass is 10.2. The maximum absolute atomic E-state index is 9.16. The Balaban J connectivity index is 3.10. The molecule has 0 atom stereocenters. The molecule has 0 aliphatic heterocycles. The molecule has 1 N–H and O–H groups in total. The maximum Gasteiger partial charge on any atom is 0.162 e. The highest BCUT2D eigenvalue weighted by Crippen LogP contribution is 2.14. The van der Waals surface area contributed by atoms with Gasteiger partial charge in [-0.1, -0.05) is 20.8 Å².